The zero-order valence-corrected chi connectivity index (χ0v) is 22.5. The molecule has 0 aromatic heterocycles. The average molecular weight is 526 g/mol. The van der Waals surface area contributed by atoms with Crippen molar-refractivity contribution in [1.82, 2.24) is 5.32 Å². The van der Waals surface area contributed by atoms with E-state index in [9.17, 15) is 18.4 Å². The Labute approximate surface area is 221 Å². The number of ether oxygens (including phenoxy) is 1. The van der Waals surface area contributed by atoms with E-state index in [2.05, 4.69) is 5.32 Å². The second-order valence-corrected chi connectivity index (χ2v) is 10.3. The molecule has 1 N–H and O–H groups in total. The van der Waals surface area contributed by atoms with E-state index in [1.54, 1.807) is 17.8 Å². The van der Waals surface area contributed by atoms with Crippen LogP contribution in [-0.4, -0.2) is 37.0 Å². The Bertz CT molecular complexity index is 1230. The molecule has 0 aliphatic heterocycles. The summed E-state index contributed by atoms with van der Waals surface area (Å²) in [5, 5.41) is 2.85. The van der Waals surface area contributed by atoms with Crippen LogP contribution in [0.25, 0.3) is 11.1 Å². The summed E-state index contributed by atoms with van der Waals surface area (Å²) < 4.78 is 32.2. The quantitative estimate of drug-likeness (QED) is 0.295. The number of methoxy groups -OCH3 is 1. The van der Waals surface area contributed by atoms with Gasteiger partial charge in [-0.25, -0.2) is 13.6 Å². The monoisotopic (exact) mass is 525 g/mol. The molecule has 196 valence electrons. The molecule has 3 rings (SSSR count). The molecule has 0 heterocycles. The fourth-order valence-corrected chi connectivity index (χ4v) is 4.95. The molecular weight excluding hydrogens is 492 g/mol. The van der Waals surface area contributed by atoms with Crippen molar-refractivity contribution in [3.63, 3.8) is 0 Å². The summed E-state index contributed by atoms with van der Waals surface area (Å²) in [4.78, 5) is 25.7. The smallest absolute Gasteiger partial charge is 0.328 e. The van der Waals surface area contributed by atoms with Crippen LogP contribution in [0.2, 0.25) is 0 Å². The third kappa shape index (κ3) is 7.89. The molecule has 3 aromatic carbocycles. The molecule has 3 aromatic rings. The van der Waals surface area contributed by atoms with Gasteiger partial charge in [0.1, 0.15) is 17.7 Å². The van der Waals surface area contributed by atoms with Gasteiger partial charge < -0.3 is 10.1 Å². The summed E-state index contributed by atoms with van der Waals surface area (Å²) in [6, 6.07) is 16.4. The number of halogens is 2. The van der Waals surface area contributed by atoms with Gasteiger partial charge in [0.2, 0.25) is 0 Å². The van der Waals surface area contributed by atoms with E-state index in [1.807, 2.05) is 56.5 Å². The summed E-state index contributed by atoms with van der Waals surface area (Å²) >= 11 is 1.59. The Morgan fingerprint density at radius 3 is 2.27 bits per heavy atom. The second-order valence-electron chi connectivity index (χ2n) is 9.32. The lowest BCUT2D eigenvalue weighted by Gasteiger charge is -2.19. The fraction of sp³-hybridized carbons (Fsp3) is 0.333. The van der Waals surface area contributed by atoms with Crippen LogP contribution < -0.4 is 5.32 Å². The topological polar surface area (TPSA) is 55.4 Å². The summed E-state index contributed by atoms with van der Waals surface area (Å²) in [6.07, 6.45) is 3.59. The maximum absolute atomic E-state index is 13.6. The molecule has 0 bridgehead atoms. The van der Waals surface area contributed by atoms with E-state index in [-0.39, 0.29) is 11.8 Å². The number of nitrogens with one attached hydrogen (secondary N) is 1. The summed E-state index contributed by atoms with van der Waals surface area (Å²) in [5.74, 6) is -1.16. The van der Waals surface area contributed by atoms with E-state index in [4.69, 9.17) is 4.74 Å². The normalized spacial score (nSPS) is 12.6. The van der Waals surface area contributed by atoms with Crippen LogP contribution in [0, 0.1) is 24.5 Å². The molecule has 0 spiro atoms. The fourth-order valence-electron chi connectivity index (χ4n) is 4.48. The van der Waals surface area contributed by atoms with Crippen molar-refractivity contribution in [2.75, 3.05) is 19.1 Å². The van der Waals surface area contributed by atoms with Crippen molar-refractivity contribution in [3.8, 4) is 11.1 Å². The van der Waals surface area contributed by atoms with Crippen LogP contribution in [0.3, 0.4) is 0 Å². The SMILES string of the molecule is COC(=O)[C@H](CCSC)NC(=O)c1ccc(CC(C)Cc2cc(F)cc(F)c2)cc1-c1ccccc1C. The predicted molar refractivity (Wildman–Crippen MR) is 146 cm³/mol. The summed E-state index contributed by atoms with van der Waals surface area (Å²) in [6.45, 7) is 4.02. The van der Waals surface area contributed by atoms with Gasteiger partial charge in [0.05, 0.1) is 7.11 Å². The molecule has 2 atom stereocenters. The first-order valence-corrected chi connectivity index (χ1v) is 13.6. The highest BCUT2D eigenvalue weighted by Crippen LogP contribution is 2.29. The number of hydrogen-bond acceptors (Lipinski definition) is 4. The Hall–Kier alpha value is -3.19. The zero-order chi connectivity index (χ0) is 26.9. The van der Waals surface area contributed by atoms with Gasteiger partial charge in [-0.3, -0.25) is 4.79 Å². The molecular formula is C30H33F2NO3S. The number of carbonyl (C=O) groups is 2. The maximum atomic E-state index is 13.6. The van der Waals surface area contributed by atoms with Gasteiger partial charge in [-0.05, 0) is 90.1 Å². The number of rotatable bonds is 11. The van der Waals surface area contributed by atoms with Gasteiger partial charge in [-0.1, -0.05) is 43.3 Å². The van der Waals surface area contributed by atoms with Crippen molar-refractivity contribution in [3.05, 3.63) is 94.6 Å². The van der Waals surface area contributed by atoms with Crippen molar-refractivity contribution in [2.45, 2.75) is 39.2 Å². The first kappa shape index (κ1) is 28.4. The Morgan fingerprint density at radius 2 is 1.62 bits per heavy atom. The van der Waals surface area contributed by atoms with Gasteiger partial charge in [0, 0.05) is 11.6 Å². The van der Waals surface area contributed by atoms with Crippen molar-refractivity contribution in [2.24, 2.45) is 5.92 Å². The maximum Gasteiger partial charge on any atom is 0.328 e. The lowest BCUT2D eigenvalue weighted by Crippen LogP contribution is -2.42. The first-order valence-electron chi connectivity index (χ1n) is 12.2. The Morgan fingerprint density at radius 1 is 0.946 bits per heavy atom. The highest BCUT2D eigenvalue weighted by atomic mass is 32.2. The number of esters is 1. The minimum absolute atomic E-state index is 0.112. The minimum Gasteiger partial charge on any atom is -0.467 e. The highest BCUT2D eigenvalue weighted by Gasteiger charge is 2.24. The van der Waals surface area contributed by atoms with Crippen LogP contribution in [0.5, 0.6) is 0 Å². The van der Waals surface area contributed by atoms with Crippen LogP contribution in [0.1, 0.15) is 40.4 Å². The van der Waals surface area contributed by atoms with E-state index in [1.165, 1.54) is 19.2 Å². The van der Waals surface area contributed by atoms with Crippen LogP contribution in [0.4, 0.5) is 8.78 Å². The number of hydrogen-bond donors (Lipinski definition) is 1. The molecule has 0 saturated carbocycles. The van der Waals surface area contributed by atoms with Gasteiger partial charge in [0.15, 0.2) is 0 Å². The van der Waals surface area contributed by atoms with Crippen LogP contribution in [-0.2, 0) is 22.4 Å². The summed E-state index contributed by atoms with van der Waals surface area (Å²) in [7, 11) is 1.31. The number of carbonyl (C=O) groups excluding carboxylic acids is 2. The van der Waals surface area contributed by atoms with Crippen molar-refractivity contribution < 1.29 is 23.1 Å². The van der Waals surface area contributed by atoms with Crippen molar-refractivity contribution >= 4 is 23.6 Å². The molecule has 0 saturated heterocycles. The Kier molecular flexibility index (Phi) is 10.3. The first-order chi connectivity index (χ1) is 17.7. The molecule has 0 aliphatic carbocycles. The second kappa shape index (κ2) is 13.4. The predicted octanol–water partition coefficient (Wildman–Crippen LogP) is 6.39. The van der Waals surface area contributed by atoms with Gasteiger partial charge >= 0.3 is 5.97 Å². The third-order valence-corrected chi connectivity index (χ3v) is 6.90. The zero-order valence-electron chi connectivity index (χ0n) is 21.6. The standard InChI is InChI=1S/C30H33F2NO3S/c1-19(14-22-15-23(31)18-24(32)16-22)13-21-9-10-26(27(17-21)25-8-6-5-7-20(25)2)29(34)33-28(11-12-37-4)30(35)36-3/h5-10,15-19,28H,11-14H2,1-4H3,(H,33,34)/t19?,28-/m0/s1. The van der Waals surface area contributed by atoms with E-state index < -0.39 is 23.6 Å². The Balaban J connectivity index is 1.90. The molecule has 0 fully saturated rings. The van der Waals surface area contributed by atoms with Crippen LogP contribution in [0.15, 0.2) is 60.7 Å². The molecule has 1 amide bonds. The largest absolute Gasteiger partial charge is 0.467 e. The lowest BCUT2D eigenvalue weighted by molar-refractivity contribution is -0.142. The van der Waals surface area contributed by atoms with E-state index in [0.29, 0.717) is 36.1 Å². The minimum atomic E-state index is -0.735. The average Bonchev–Trinajstić information content (AvgIpc) is 2.85. The summed E-state index contributed by atoms with van der Waals surface area (Å²) in [5.41, 5.74) is 4.80. The number of benzene rings is 3. The molecule has 37 heavy (non-hydrogen) atoms. The highest BCUT2D eigenvalue weighted by molar-refractivity contribution is 7.98. The number of thioether (sulfide) groups is 1. The molecule has 4 nitrogen and oxygen atoms in total. The molecule has 1 unspecified atom stereocenters. The van der Waals surface area contributed by atoms with E-state index >= 15 is 0 Å². The number of aryl methyl sites for hydroxylation is 1. The van der Waals surface area contributed by atoms with Crippen LogP contribution >= 0.6 is 11.8 Å². The van der Waals surface area contributed by atoms with Gasteiger partial charge in [0.25, 0.3) is 5.91 Å². The van der Waals surface area contributed by atoms with Gasteiger partial charge in [-0.2, -0.15) is 11.8 Å². The number of amides is 1. The molecule has 0 aliphatic rings. The van der Waals surface area contributed by atoms with Gasteiger partial charge in [-0.15, -0.1) is 0 Å². The van der Waals surface area contributed by atoms with E-state index in [0.717, 1.165) is 28.3 Å². The lowest BCUT2D eigenvalue weighted by atomic mass is 9.89. The molecule has 7 heteroatoms. The molecule has 0 radical (unpaired) electrons. The van der Waals surface area contributed by atoms with Crippen molar-refractivity contribution in [1.29, 1.82) is 0 Å². The third-order valence-electron chi connectivity index (χ3n) is 6.26.